The van der Waals surface area contributed by atoms with Gasteiger partial charge in [0.1, 0.15) is 0 Å². The van der Waals surface area contributed by atoms with Gasteiger partial charge in [0.2, 0.25) is 0 Å². The molecule has 1 aliphatic rings. The molecule has 1 fully saturated rings. The maximum atomic E-state index is 9.85. The molecule has 0 unspecified atom stereocenters. The molecule has 0 aliphatic heterocycles. The maximum absolute atomic E-state index is 9.85. The van der Waals surface area contributed by atoms with E-state index in [-0.39, 0.29) is 12.1 Å². The quantitative estimate of drug-likeness (QED) is 0.730. The largest absolute Gasteiger partial charge is 0.391 e. The molecule has 2 atom stereocenters. The van der Waals surface area contributed by atoms with Crippen molar-refractivity contribution >= 4 is 17.3 Å². The molecule has 3 nitrogen and oxygen atoms in total. The summed E-state index contributed by atoms with van der Waals surface area (Å²) in [6.07, 6.45) is 3.88. The van der Waals surface area contributed by atoms with Gasteiger partial charge in [0.05, 0.1) is 12.1 Å². The molecule has 0 aromatic heterocycles. The van der Waals surface area contributed by atoms with Crippen LogP contribution in [0.4, 0.5) is 0 Å². The number of thiocarbonyl (C=S) groups is 1. The van der Waals surface area contributed by atoms with Crippen molar-refractivity contribution in [3.8, 4) is 0 Å². The SMILES string of the molecule is O[C@H]1CCCC[C@@H]1NC(=S)NCc1ccccc1. The molecule has 1 saturated carbocycles. The van der Waals surface area contributed by atoms with Crippen LogP contribution in [-0.2, 0) is 6.54 Å². The van der Waals surface area contributed by atoms with Gasteiger partial charge in [-0.1, -0.05) is 43.2 Å². The zero-order valence-electron chi connectivity index (χ0n) is 10.4. The smallest absolute Gasteiger partial charge is 0.166 e. The van der Waals surface area contributed by atoms with Crippen LogP contribution in [0.3, 0.4) is 0 Å². The van der Waals surface area contributed by atoms with Crippen LogP contribution in [0.15, 0.2) is 30.3 Å². The van der Waals surface area contributed by atoms with E-state index in [9.17, 15) is 5.11 Å². The maximum Gasteiger partial charge on any atom is 0.166 e. The molecule has 2 rings (SSSR count). The average molecular weight is 264 g/mol. The summed E-state index contributed by atoms with van der Waals surface area (Å²) in [5.41, 5.74) is 1.20. The Balaban J connectivity index is 1.75. The first kappa shape index (κ1) is 13.3. The molecule has 0 amide bonds. The molecule has 3 N–H and O–H groups in total. The van der Waals surface area contributed by atoms with Crippen LogP contribution in [0.1, 0.15) is 31.2 Å². The molecule has 0 saturated heterocycles. The fourth-order valence-electron chi connectivity index (χ4n) is 2.28. The molecule has 0 bridgehead atoms. The molecule has 18 heavy (non-hydrogen) atoms. The lowest BCUT2D eigenvalue weighted by Crippen LogP contribution is -2.48. The van der Waals surface area contributed by atoms with Crippen molar-refractivity contribution in [1.29, 1.82) is 0 Å². The summed E-state index contributed by atoms with van der Waals surface area (Å²) in [5, 5.41) is 16.9. The minimum atomic E-state index is -0.268. The topological polar surface area (TPSA) is 44.3 Å². The fraction of sp³-hybridized carbons (Fsp3) is 0.500. The van der Waals surface area contributed by atoms with Gasteiger partial charge in [-0.2, -0.15) is 0 Å². The Morgan fingerprint density at radius 2 is 1.94 bits per heavy atom. The van der Waals surface area contributed by atoms with Gasteiger partial charge >= 0.3 is 0 Å². The van der Waals surface area contributed by atoms with Gasteiger partial charge in [0.25, 0.3) is 0 Å². The van der Waals surface area contributed by atoms with E-state index in [0.717, 1.165) is 32.2 Å². The Hall–Kier alpha value is -1.13. The van der Waals surface area contributed by atoms with Crippen LogP contribution in [0.25, 0.3) is 0 Å². The van der Waals surface area contributed by atoms with E-state index in [1.165, 1.54) is 5.56 Å². The fourth-order valence-corrected chi connectivity index (χ4v) is 2.50. The van der Waals surface area contributed by atoms with Crippen molar-refractivity contribution in [2.24, 2.45) is 0 Å². The third kappa shape index (κ3) is 3.96. The summed E-state index contributed by atoms with van der Waals surface area (Å²) in [5.74, 6) is 0. The number of hydrogen-bond acceptors (Lipinski definition) is 2. The Labute approximate surface area is 114 Å². The molecule has 0 radical (unpaired) electrons. The van der Waals surface area contributed by atoms with Gasteiger partial charge in [-0.05, 0) is 30.6 Å². The summed E-state index contributed by atoms with van der Waals surface area (Å²) < 4.78 is 0. The summed E-state index contributed by atoms with van der Waals surface area (Å²) in [6.45, 7) is 0.718. The molecule has 0 heterocycles. The number of nitrogens with one attached hydrogen (secondary N) is 2. The van der Waals surface area contributed by atoms with Crippen molar-refractivity contribution in [3.05, 3.63) is 35.9 Å². The van der Waals surface area contributed by atoms with E-state index in [1.807, 2.05) is 18.2 Å². The average Bonchev–Trinajstić information content (AvgIpc) is 2.40. The number of rotatable bonds is 3. The van der Waals surface area contributed by atoms with E-state index in [1.54, 1.807) is 0 Å². The van der Waals surface area contributed by atoms with Crippen LogP contribution < -0.4 is 10.6 Å². The highest BCUT2D eigenvalue weighted by molar-refractivity contribution is 7.80. The zero-order valence-corrected chi connectivity index (χ0v) is 11.2. The van der Waals surface area contributed by atoms with Gasteiger partial charge in [-0.15, -0.1) is 0 Å². The Kier molecular flexibility index (Phi) is 4.96. The van der Waals surface area contributed by atoms with Crippen LogP contribution in [0.2, 0.25) is 0 Å². The normalized spacial score (nSPS) is 23.4. The lowest BCUT2D eigenvalue weighted by Gasteiger charge is -2.29. The minimum Gasteiger partial charge on any atom is -0.391 e. The molecule has 4 heteroatoms. The first-order valence-corrected chi connectivity index (χ1v) is 6.93. The second-order valence-electron chi connectivity index (χ2n) is 4.77. The van der Waals surface area contributed by atoms with Crippen LogP contribution in [0.5, 0.6) is 0 Å². The number of aliphatic hydroxyl groups is 1. The second-order valence-corrected chi connectivity index (χ2v) is 5.18. The number of benzene rings is 1. The first-order valence-electron chi connectivity index (χ1n) is 6.52. The van der Waals surface area contributed by atoms with Gasteiger partial charge in [-0.25, -0.2) is 0 Å². The summed E-state index contributed by atoms with van der Waals surface area (Å²) in [7, 11) is 0. The highest BCUT2D eigenvalue weighted by Crippen LogP contribution is 2.18. The van der Waals surface area contributed by atoms with Crippen molar-refractivity contribution in [3.63, 3.8) is 0 Å². The first-order chi connectivity index (χ1) is 8.75. The third-order valence-corrected chi connectivity index (χ3v) is 3.60. The number of aliphatic hydroxyl groups excluding tert-OH is 1. The predicted molar refractivity (Wildman–Crippen MR) is 77.3 cm³/mol. The van der Waals surface area contributed by atoms with Crippen molar-refractivity contribution < 1.29 is 5.11 Å². The van der Waals surface area contributed by atoms with Crippen LogP contribution in [-0.4, -0.2) is 22.4 Å². The molecule has 0 spiro atoms. The third-order valence-electron chi connectivity index (χ3n) is 3.34. The molecular weight excluding hydrogens is 244 g/mol. The lowest BCUT2D eigenvalue weighted by atomic mass is 9.93. The van der Waals surface area contributed by atoms with E-state index >= 15 is 0 Å². The highest BCUT2D eigenvalue weighted by atomic mass is 32.1. The molecular formula is C14H20N2OS. The zero-order chi connectivity index (χ0) is 12.8. The molecule has 1 aromatic carbocycles. The standard InChI is InChI=1S/C14H20N2OS/c17-13-9-5-4-8-12(13)16-14(18)15-10-11-6-2-1-3-7-11/h1-3,6-7,12-13,17H,4-5,8-10H2,(H2,15,16,18)/t12-,13-/m0/s1. The van der Waals surface area contributed by atoms with E-state index in [4.69, 9.17) is 12.2 Å². The van der Waals surface area contributed by atoms with Gasteiger partial charge in [-0.3, -0.25) is 0 Å². The van der Waals surface area contributed by atoms with Crippen molar-refractivity contribution in [2.45, 2.75) is 44.4 Å². The Bertz CT molecular complexity index is 383. The Morgan fingerprint density at radius 1 is 1.22 bits per heavy atom. The number of hydrogen-bond donors (Lipinski definition) is 3. The van der Waals surface area contributed by atoms with Crippen molar-refractivity contribution in [2.75, 3.05) is 0 Å². The van der Waals surface area contributed by atoms with Gasteiger partial charge < -0.3 is 15.7 Å². The van der Waals surface area contributed by atoms with Crippen LogP contribution in [0, 0.1) is 0 Å². The summed E-state index contributed by atoms with van der Waals surface area (Å²) in [4.78, 5) is 0. The lowest BCUT2D eigenvalue weighted by molar-refractivity contribution is 0.0997. The highest BCUT2D eigenvalue weighted by Gasteiger charge is 2.23. The minimum absolute atomic E-state index is 0.106. The van der Waals surface area contributed by atoms with E-state index < -0.39 is 0 Å². The molecule has 98 valence electrons. The van der Waals surface area contributed by atoms with E-state index in [2.05, 4.69) is 22.8 Å². The van der Waals surface area contributed by atoms with Gasteiger partial charge in [0, 0.05) is 6.54 Å². The van der Waals surface area contributed by atoms with Gasteiger partial charge in [0.15, 0.2) is 5.11 Å². The van der Waals surface area contributed by atoms with Crippen molar-refractivity contribution in [1.82, 2.24) is 10.6 Å². The molecule has 1 aliphatic carbocycles. The Morgan fingerprint density at radius 3 is 2.67 bits per heavy atom. The van der Waals surface area contributed by atoms with Crippen LogP contribution >= 0.6 is 12.2 Å². The second kappa shape index (κ2) is 6.71. The summed E-state index contributed by atoms with van der Waals surface area (Å²) >= 11 is 5.25. The molecule has 1 aromatic rings. The monoisotopic (exact) mass is 264 g/mol. The summed E-state index contributed by atoms with van der Waals surface area (Å²) in [6, 6.07) is 10.3. The van der Waals surface area contributed by atoms with E-state index in [0.29, 0.717) is 5.11 Å². The predicted octanol–water partition coefficient (Wildman–Crippen LogP) is 1.95.